The number of methoxy groups -OCH3 is 1. The van der Waals surface area contributed by atoms with Crippen molar-refractivity contribution in [2.45, 2.75) is 32.6 Å². The molecule has 4 heteroatoms. The summed E-state index contributed by atoms with van der Waals surface area (Å²) in [7, 11) is 1.66. The molecule has 0 heterocycles. The van der Waals surface area contributed by atoms with E-state index in [1.54, 1.807) is 7.11 Å². The van der Waals surface area contributed by atoms with Crippen LogP contribution in [-0.2, 0) is 6.54 Å². The Morgan fingerprint density at radius 2 is 1.87 bits per heavy atom. The molecule has 0 aliphatic rings. The highest BCUT2D eigenvalue weighted by atomic mass is 16.5. The van der Waals surface area contributed by atoms with Gasteiger partial charge in [-0.05, 0) is 37.6 Å². The lowest BCUT2D eigenvalue weighted by Gasteiger charge is -2.15. The summed E-state index contributed by atoms with van der Waals surface area (Å²) in [6.07, 6.45) is -0.466. The predicted molar refractivity (Wildman–Crippen MR) is 91.9 cm³/mol. The summed E-state index contributed by atoms with van der Waals surface area (Å²) in [6, 6.07) is 15.4. The number of ether oxygens (including phenoxy) is 2. The van der Waals surface area contributed by atoms with Crippen molar-refractivity contribution in [2.75, 3.05) is 13.7 Å². The topological polar surface area (TPSA) is 50.7 Å². The minimum Gasteiger partial charge on any atom is -0.496 e. The quantitative estimate of drug-likeness (QED) is 0.785. The third kappa shape index (κ3) is 5.27. The van der Waals surface area contributed by atoms with Crippen LogP contribution in [0.1, 0.15) is 31.1 Å². The molecule has 0 saturated carbocycles. The van der Waals surface area contributed by atoms with Crippen molar-refractivity contribution in [2.24, 2.45) is 0 Å². The van der Waals surface area contributed by atoms with E-state index in [9.17, 15) is 5.11 Å². The molecule has 23 heavy (non-hydrogen) atoms. The van der Waals surface area contributed by atoms with E-state index in [4.69, 9.17) is 9.47 Å². The molecule has 0 aromatic heterocycles. The van der Waals surface area contributed by atoms with Crippen LogP contribution in [0.25, 0.3) is 0 Å². The summed E-state index contributed by atoms with van der Waals surface area (Å²) in [5.41, 5.74) is 1.91. The zero-order valence-electron chi connectivity index (χ0n) is 14.0. The van der Waals surface area contributed by atoms with Crippen LogP contribution in [0.4, 0.5) is 0 Å². The molecule has 2 rings (SSSR count). The van der Waals surface area contributed by atoms with Gasteiger partial charge >= 0.3 is 0 Å². The number of hydrogen-bond acceptors (Lipinski definition) is 4. The second-order valence-corrected chi connectivity index (χ2v) is 5.70. The molecule has 0 fully saturated rings. The fourth-order valence-electron chi connectivity index (χ4n) is 2.38. The first-order chi connectivity index (χ1) is 11.1. The van der Waals surface area contributed by atoms with Gasteiger partial charge in [0.05, 0.1) is 19.3 Å². The molecule has 0 amide bonds. The molecule has 2 aromatic carbocycles. The van der Waals surface area contributed by atoms with Crippen molar-refractivity contribution >= 4 is 0 Å². The van der Waals surface area contributed by atoms with Gasteiger partial charge in [-0.3, -0.25) is 0 Å². The number of nitrogens with one attached hydrogen (secondary N) is 1. The van der Waals surface area contributed by atoms with E-state index in [0.29, 0.717) is 13.1 Å². The first kappa shape index (κ1) is 17.3. The third-order valence-electron chi connectivity index (χ3n) is 3.46. The monoisotopic (exact) mass is 315 g/mol. The van der Waals surface area contributed by atoms with E-state index in [1.165, 1.54) is 0 Å². The van der Waals surface area contributed by atoms with Crippen LogP contribution in [0.15, 0.2) is 48.5 Å². The highest BCUT2D eigenvalue weighted by Gasteiger charge is 2.09. The maximum Gasteiger partial charge on any atom is 0.123 e. The van der Waals surface area contributed by atoms with Gasteiger partial charge in [-0.15, -0.1) is 0 Å². The SMILES string of the molecule is COc1ccccc1CNCC(O)c1cccc(OC(C)C)c1. The van der Waals surface area contributed by atoms with Crippen molar-refractivity contribution in [3.63, 3.8) is 0 Å². The van der Waals surface area contributed by atoms with E-state index in [0.717, 1.165) is 22.6 Å². The van der Waals surface area contributed by atoms with Crippen LogP contribution in [0.5, 0.6) is 11.5 Å². The molecular formula is C19H25NO3. The fraction of sp³-hybridized carbons (Fsp3) is 0.368. The lowest BCUT2D eigenvalue weighted by atomic mass is 10.1. The first-order valence-electron chi connectivity index (χ1n) is 7.87. The molecule has 0 saturated heterocycles. The number of aliphatic hydroxyl groups is 1. The second-order valence-electron chi connectivity index (χ2n) is 5.70. The van der Waals surface area contributed by atoms with Gasteiger partial charge in [0, 0.05) is 18.7 Å². The summed E-state index contributed by atoms with van der Waals surface area (Å²) in [5.74, 6) is 1.63. The van der Waals surface area contributed by atoms with E-state index in [-0.39, 0.29) is 6.10 Å². The van der Waals surface area contributed by atoms with Crippen LogP contribution < -0.4 is 14.8 Å². The molecule has 4 nitrogen and oxygen atoms in total. The Kier molecular flexibility index (Phi) is 6.44. The molecule has 124 valence electrons. The molecule has 0 radical (unpaired) electrons. The van der Waals surface area contributed by atoms with E-state index < -0.39 is 6.10 Å². The average molecular weight is 315 g/mol. The fourth-order valence-corrected chi connectivity index (χ4v) is 2.38. The maximum absolute atomic E-state index is 10.3. The van der Waals surface area contributed by atoms with Gasteiger partial charge in [-0.1, -0.05) is 30.3 Å². The van der Waals surface area contributed by atoms with Crippen LogP contribution >= 0.6 is 0 Å². The van der Waals surface area contributed by atoms with Crippen molar-refractivity contribution in [3.8, 4) is 11.5 Å². The van der Waals surface area contributed by atoms with E-state index in [1.807, 2.05) is 62.4 Å². The van der Waals surface area contributed by atoms with E-state index >= 15 is 0 Å². The lowest BCUT2D eigenvalue weighted by molar-refractivity contribution is 0.173. The summed E-state index contributed by atoms with van der Waals surface area (Å²) < 4.78 is 11.0. The van der Waals surface area contributed by atoms with Crippen LogP contribution in [0.3, 0.4) is 0 Å². The zero-order valence-corrected chi connectivity index (χ0v) is 14.0. The van der Waals surface area contributed by atoms with Crippen LogP contribution in [-0.4, -0.2) is 24.9 Å². The predicted octanol–water partition coefficient (Wildman–Crippen LogP) is 3.31. The summed E-state index contributed by atoms with van der Waals surface area (Å²) in [5, 5.41) is 13.6. The smallest absolute Gasteiger partial charge is 0.123 e. The Labute approximate surface area is 138 Å². The normalized spacial score (nSPS) is 12.2. The number of aliphatic hydroxyl groups excluding tert-OH is 1. The van der Waals surface area contributed by atoms with Gasteiger partial charge in [-0.25, -0.2) is 0 Å². The number of para-hydroxylation sites is 1. The Hall–Kier alpha value is -2.04. The van der Waals surface area contributed by atoms with Crippen molar-refractivity contribution in [1.29, 1.82) is 0 Å². The van der Waals surface area contributed by atoms with Gasteiger partial charge < -0.3 is 19.9 Å². The molecule has 0 spiro atoms. The van der Waals surface area contributed by atoms with E-state index in [2.05, 4.69) is 5.32 Å². The number of rotatable bonds is 8. The van der Waals surface area contributed by atoms with Gasteiger partial charge in [0.1, 0.15) is 11.5 Å². The highest BCUT2D eigenvalue weighted by Crippen LogP contribution is 2.21. The number of benzene rings is 2. The first-order valence-corrected chi connectivity index (χ1v) is 7.87. The largest absolute Gasteiger partial charge is 0.496 e. The molecule has 0 bridgehead atoms. The zero-order chi connectivity index (χ0) is 16.7. The summed E-state index contributed by atoms with van der Waals surface area (Å²) >= 11 is 0. The minimum absolute atomic E-state index is 0.117. The van der Waals surface area contributed by atoms with Gasteiger partial charge in [0.2, 0.25) is 0 Å². The lowest BCUT2D eigenvalue weighted by Crippen LogP contribution is -2.21. The van der Waals surface area contributed by atoms with Gasteiger partial charge in [0.25, 0.3) is 0 Å². The molecule has 0 aliphatic carbocycles. The molecule has 1 unspecified atom stereocenters. The second kappa shape index (κ2) is 8.56. The number of hydrogen-bond donors (Lipinski definition) is 2. The molecule has 1 atom stereocenters. The summed E-state index contributed by atoms with van der Waals surface area (Å²) in [6.45, 7) is 5.07. The van der Waals surface area contributed by atoms with Crippen molar-refractivity contribution in [1.82, 2.24) is 5.32 Å². The minimum atomic E-state index is -0.583. The molecular weight excluding hydrogens is 290 g/mol. The maximum atomic E-state index is 10.3. The van der Waals surface area contributed by atoms with Gasteiger partial charge in [0.15, 0.2) is 0 Å². The Morgan fingerprint density at radius 1 is 1.09 bits per heavy atom. The molecule has 0 aliphatic heterocycles. The Morgan fingerprint density at radius 3 is 2.61 bits per heavy atom. The third-order valence-corrected chi connectivity index (χ3v) is 3.46. The van der Waals surface area contributed by atoms with Crippen molar-refractivity contribution in [3.05, 3.63) is 59.7 Å². The molecule has 2 aromatic rings. The van der Waals surface area contributed by atoms with Gasteiger partial charge in [-0.2, -0.15) is 0 Å². The van der Waals surface area contributed by atoms with Crippen LogP contribution in [0, 0.1) is 0 Å². The molecule has 2 N–H and O–H groups in total. The van der Waals surface area contributed by atoms with Crippen molar-refractivity contribution < 1.29 is 14.6 Å². The Balaban J connectivity index is 1.90. The Bertz CT molecular complexity index is 613. The van der Waals surface area contributed by atoms with Crippen LogP contribution in [0.2, 0.25) is 0 Å². The summed E-state index contributed by atoms with van der Waals surface area (Å²) in [4.78, 5) is 0. The average Bonchev–Trinajstić information content (AvgIpc) is 2.55. The highest BCUT2D eigenvalue weighted by molar-refractivity contribution is 5.33. The standard InChI is InChI=1S/C19H25NO3/c1-14(2)23-17-9-6-8-15(11-17)18(21)13-20-12-16-7-4-5-10-19(16)22-3/h4-11,14,18,20-21H,12-13H2,1-3H3.